The Labute approximate surface area is 102 Å². The number of aromatic nitrogens is 2. The second kappa shape index (κ2) is 4.87. The third-order valence-corrected chi connectivity index (χ3v) is 3.04. The summed E-state index contributed by atoms with van der Waals surface area (Å²) < 4.78 is 0. The Morgan fingerprint density at radius 2 is 2.18 bits per heavy atom. The molecule has 0 aliphatic heterocycles. The Bertz CT molecular complexity index is 386. The molecule has 0 unspecified atom stereocenters. The van der Waals surface area contributed by atoms with Gasteiger partial charge < -0.3 is 10.3 Å². The highest BCUT2D eigenvalue weighted by atomic mass is 15.3. The maximum absolute atomic E-state index is 5.42. The standard InChI is InChI=1S/C12H21N5/c1-8(2)17(7-10-4-5-10)12-6-11(16-13)14-9(3)15-12/h6,8,10H,4-5,7,13H2,1-3H3,(H,14,15,16). The normalized spacial score (nSPS) is 15.1. The van der Waals surface area contributed by atoms with Crippen molar-refractivity contribution < 1.29 is 0 Å². The van der Waals surface area contributed by atoms with Crippen LogP contribution in [-0.4, -0.2) is 22.6 Å². The van der Waals surface area contributed by atoms with Gasteiger partial charge in [0.15, 0.2) is 0 Å². The van der Waals surface area contributed by atoms with Crippen LogP contribution in [-0.2, 0) is 0 Å². The number of hydrogen-bond acceptors (Lipinski definition) is 5. The fourth-order valence-corrected chi connectivity index (χ4v) is 1.92. The van der Waals surface area contributed by atoms with Crippen molar-refractivity contribution in [3.63, 3.8) is 0 Å². The third kappa shape index (κ3) is 3.06. The van der Waals surface area contributed by atoms with E-state index in [1.54, 1.807) is 0 Å². The van der Waals surface area contributed by atoms with Gasteiger partial charge in [0.2, 0.25) is 0 Å². The van der Waals surface area contributed by atoms with Gasteiger partial charge in [-0.25, -0.2) is 15.8 Å². The quantitative estimate of drug-likeness (QED) is 0.600. The van der Waals surface area contributed by atoms with Gasteiger partial charge in [-0.3, -0.25) is 0 Å². The molecule has 0 spiro atoms. The van der Waals surface area contributed by atoms with E-state index in [2.05, 4.69) is 34.1 Å². The van der Waals surface area contributed by atoms with Crippen LogP contribution in [0.25, 0.3) is 0 Å². The van der Waals surface area contributed by atoms with E-state index in [-0.39, 0.29) is 0 Å². The zero-order valence-corrected chi connectivity index (χ0v) is 10.8. The lowest BCUT2D eigenvalue weighted by Gasteiger charge is -2.28. The fraction of sp³-hybridized carbons (Fsp3) is 0.667. The minimum Gasteiger partial charge on any atom is -0.354 e. The molecule has 0 atom stereocenters. The predicted molar refractivity (Wildman–Crippen MR) is 69.8 cm³/mol. The number of rotatable bonds is 5. The summed E-state index contributed by atoms with van der Waals surface area (Å²) in [5.74, 6) is 8.64. The molecule has 0 saturated heterocycles. The smallest absolute Gasteiger partial charge is 0.145 e. The summed E-state index contributed by atoms with van der Waals surface area (Å²) in [5.41, 5.74) is 2.59. The Hall–Kier alpha value is -1.36. The van der Waals surface area contributed by atoms with Crippen LogP contribution in [0.5, 0.6) is 0 Å². The summed E-state index contributed by atoms with van der Waals surface area (Å²) in [6.45, 7) is 7.35. The summed E-state index contributed by atoms with van der Waals surface area (Å²) in [6, 6.07) is 2.35. The molecule has 1 aromatic heterocycles. The Morgan fingerprint density at radius 1 is 1.47 bits per heavy atom. The van der Waals surface area contributed by atoms with Crippen LogP contribution in [0.2, 0.25) is 0 Å². The highest BCUT2D eigenvalue weighted by molar-refractivity contribution is 5.49. The van der Waals surface area contributed by atoms with Crippen molar-refractivity contribution in [2.24, 2.45) is 11.8 Å². The molecule has 1 heterocycles. The molecule has 1 fully saturated rings. The monoisotopic (exact) mass is 235 g/mol. The van der Waals surface area contributed by atoms with Gasteiger partial charge in [-0.05, 0) is 39.5 Å². The van der Waals surface area contributed by atoms with E-state index in [9.17, 15) is 0 Å². The Balaban J connectivity index is 2.23. The molecular formula is C12H21N5. The molecular weight excluding hydrogens is 214 g/mol. The van der Waals surface area contributed by atoms with Crippen LogP contribution in [0.15, 0.2) is 6.07 Å². The first-order chi connectivity index (χ1) is 8.10. The van der Waals surface area contributed by atoms with Crippen molar-refractivity contribution in [1.82, 2.24) is 9.97 Å². The first kappa shape index (κ1) is 12.1. The maximum Gasteiger partial charge on any atom is 0.145 e. The van der Waals surface area contributed by atoms with E-state index in [1.165, 1.54) is 12.8 Å². The minimum atomic E-state index is 0.440. The molecule has 2 rings (SSSR count). The van der Waals surface area contributed by atoms with Crippen LogP contribution in [0, 0.1) is 12.8 Å². The number of aryl methyl sites for hydroxylation is 1. The molecule has 0 amide bonds. The van der Waals surface area contributed by atoms with Crippen LogP contribution >= 0.6 is 0 Å². The average Bonchev–Trinajstić information content (AvgIpc) is 3.08. The fourth-order valence-electron chi connectivity index (χ4n) is 1.92. The summed E-state index contributed by atoms with van der Waals surface area (Å²) in [5, 5.41) is 0. The van der Waals surface area contributed by atoms with Crippen molar-refractivity contribution in [3.05, 3.63) is 11.9 Å². The number of anilines is 2. The molecule has 0 radical (unpaired) electrons. The van der Waals surface area contributed by atoms with E-state index in [4.69, 9.17) is 5.84 Å². The summed E-state index contributed by atoms with van der Waals surface area (Å²) in [7, 11) is 0. The van der Waals surface area contributed by atoms with E-state index in [1.807, 2.05) is 13.0 Å². The lowest BCUT2D eigenvalue weighted by molar-refractivity contribution is 0.635. The van der Waals surface area contributed by atoms with Gasteiger partial charge in [-0.2, -0.15) is 0 Å². The van der Waals surface area contributed by atoms with Crippen molar-refractivity contribution in [1.29, 1.82) is 0 Å². The van der Waals surface area contributed by atoms with E-state index < -0.39 is 0 Å². The van der Waals surface area contributed by atoms with Gasteiger partial charge >= 0.3 is 0 Å². The second-order valence-corrected chi connectivity index (χ2v) is 4.99. The zero-order valence-electron chi connectivity index (χ0n) is 10.8. The van der Waals surface area contributed by atoms with Crippen LogP contribution in [0.1, 0.15) is 32.5 Å². The number of nitrogen functional groups attached to an aromatic ring is 1. The number of nitrogens with two attached hydrogens (primary N) is 1. The van der Waals surface area contributed by atoms with Gasteiger partial charge in [-0.15, -0.1) is 0 Å². The lowest BCUT2D eigenvalue weighted by atomic mass is 10.2. The molecule has 3 N–H and O–H groups in total. The molecule has 17 heavy (non-hydrogen) atoms. The van der Waals surface area contributed by atoms with E-state index >= 15 is 0 Å². The van der Waals surface area contributed by atoms with Crippen LogP contribution in [0.4, 0.5) is 11.6 Å². The summed E-state index contributed by atoms with van der Waals surface area (Å²) >= 11 is 0. The van der Waals surface area contributed by atoms with Crippen molar-refractivity contribution in [2.45, 2.75) is 39.7 Å². The molecule has 1 saturated carbocycles. The SMILES string of the molecule is Cc1nc(NN)cc(N(CC2CC2)C(C)C)n1. The third-order valence-electron chi connectivity index (χ3n) is 3.04. The maximum atomic E-state index is 5.42. The van der Waals surface area contributed by atoms with Gasteiger partial charge in [0.05, 0.1) is 0 Å². The van der Waals surface area contributed by atoms with Crippen LogP contribution in [0.3, 0.4) is 0 Å². The molecule has 5 nitrogen and oxygen atoms in total. The summed E-state index contributed by atoms with van der Waals surface area (Å²) in [6.07, 6.45) is 2.69. The highest BCUT2D eigenvalue weighted by Crippen LogP contribution is 2.32. The molecule has 0 aromatic carbocycles. The minimum absolute atomic E-state index is 0.440. The van der Waals surface area contributed by atoms with Gasteiger partial charge in [0.1, 0.15) is 17.5 Å². The number of hydrazine groups is 1. The van der Waals surface area contributed by atoms with E-state index in [0.29, 0.717) is 11.9 Å². The molecule has 1 aliphatic carbocycles. The van der Waals surface area contributed by atoms with E-state index in [0.717, 1.165) is 24.1 Å². The number of hydrogen-bond donors (Lipinski definition) is 2. The Morgan fingerprint density at radius 3 is 2.71 bits per heavy atom. The predicted octanol–water partition coefficient (Wildman–Crippen LogP) is 1.70. The topological polar surface area (TPSA) is 67.1 Å². The van der Waals surface area contributed by atoms with Gasteiger partial charge in [0, 0.05) is 18.7 Å². The van der Waals surface area contributed by atoms with Crippen molar-refractivity contribution >= 4 is 11.6 Å². The molecule has 1 aromatic rings. The lowest BCUT2D eigenvalue weighted by Crippen LogP contribution is -2.33. The molecule has 1 aliphatic rings. The first-order valence-electron chi connectivity index (χ1n) is 6.19. The summed E-state index contributed by atoms with van der Waals surface area (Å²) in [4.78, 5) is 11.0. The molecule has 0 bridgehead atoms. The second-order valence-electron chi connectivity index (χ2n) is 4.99. The highest BCUT2D eigenvalue weighted by Gasteiger charge is 2.26. The van der Waals surface area contributed by atoms with Crippen molar-refractivity contribution in [3.8, 4) is 0 Å². The first-order valence-corrected chi connectivity index (χ1v) is 6.19. The Kier molecular flexibility index (Phi) is 3.47. The average molecular weight is 235 g/mol. The molecule has 5 heteroatoms. The van der Waals surface area contributed by atoms with Crippen molar-refractivity contribution in [2.75, 3.05) is 16.9 Å². The number of nitrogens with zero attached hydrogens (tertiary/aromatic N) is 3. The van der Waals surface area contributed by atoms with Gasteiger partial charge in [0.25, 0.3) is 0 Å². The van der Waals surface area contributed by atoms with Crippen LogP contribution < -0.4 is 16.2 Å². The zero-order chi connectivity index (χ0) is 12.4. The molecule has 94 valence electrons. The largest absolute Gasteiger partial charge is 0.354 e. The number of nitrogens with one attached hydrogen (secondary N) is 1. The van der Waals surface area contributed by atoms with Gasteiger partial charge in [-0.1, -0.05) is 0 Å².